The number of anilines is 1. The lowest BCUT2D eigenvalue weighted by Gasteiger charge is -2.10. The molecule has 0 bridgehead atoms. The van der Waals surface area contributed by atoms with Crippen molar-refractivity contribution in [3.05, 3.63) is 36.0 Å². The number of fused-ring (bicyclic) bond motifs is 1. The number of rotatable bonds is 4. The quantitative estimate of drug-likeness (QED) is 0.871. The van der Waals surface area contributed by atoms with Crippen molar-refractivity contribution >= 4 is 26.4 Å². The summed E-state index contributed by atoms with van der Waals surface area (Å²) in [7, 11) is -3.12. The lowest BCUT2D eigenvalue weighted by molar-refractivity contribution is 0.581. The van der Waals surface area contributed by atoms with Gasteiger partial charge >= 0.3 is 0 Å². The van der Waals surface area contributed by atoms with E-state index >= 15 is 0 Å². The molecule has 0 saturated carbocycles. The summed E-state index contributed by atoms with van der Waals surface area (Å²) in [6, 6.07) is 7.15. The van der Waals surface area contributed by atoms with E-state index in [1.165, 1.54) is 0 Å². The molecule has 0 radical (unpaired) electrons. The van der Waals surface area contributed by atoms with E-state index < -0.39 is 9.84 Å². The smallest absolute Gasteiger partial charge is 0.154 e. The van der Waals surface area contributed by atoms with Crippen molar-refractivity contribution in [3.8, 4) is 0 Å². The van der Waals surface area contributed by atoms with E-state index in [0.29, 0.717) is 16.8 Å². The Kier molecular flexibility index (Phi) is 3.75. The van der Waals surface area contributed by atoms with Crippen LogP contribution in [0.2, 0.25) is 0 Å². The Balaban J connectivity index is 2.45. The molecule has 102 valence electrons. The maximum absolute atomic E-state index is 12.1. The minimum absolute atomic E-state index is 0.0129. The van der Waals surface area contributed by atoms with Gasteiger partial charge in [-0.15, -0.1) is 0 Å². The van der Waals surface area contributed by atoms with Crippen LogP contribution < -0.4 is 5.73 Å². The van der Waals surface area contributed by atoms with Crippen molar-refractivity contribution < 1.29 is 8.42 Å². The Bertz CT molecular complexity index is 694. The van der Waals surface area contributed by atoms with E-state index in [1.807, 2.05) is 19.9 Å². The van der Waals surface area contributed by atoms with Crippen LogP contribution in [0.25, 0.3) is 10.9 Å². The van der Waals surface area contributed by atoms with E-state index in [-0.39, 0.29) is 17.4 Å². The third kappa shape index (κ3) is 3.23. The Morgan fingerprint density at radius 3 is 2.68 bits per heavy atom. The van der Waals surface area contributed by atoms with Crippen molar-refractivity contribution in [2.75, 3.05) is 11.5 Å². The number of nitrogens with zero attached hydrogens (tertiary/aromatic N) is 1. The van der Waals surface area contributed by atoms with Gasteiger partial charge in [-0.3, -0.25) is 4.98 Å². The molecule has 1 aromatic heterocycles. The molecule has 5 heteroatoms. The summed E-state index contributed by atoms with van der Waals surface area (Å²) in [6.45, 7) is 3.80. The highest BCUT2D eigenvalue weighted by atomic mass is 32.2. The Hall–Kier alpha value is -1.62. The van der Waals surface area contributed by atoms with Crippen LogP contribution in [-0.2, 0) is 15.6 Å². The second-order valence-electron chi connectivity index (χ2n) is 5.16. The first kappa shape index (κ1) is 13.8. The van der Waals surface area contributed by atoms with Crippen LogP contribution in [0.5, 0.6) is 0 Å². The highest BCUT2D eigenvalue weighted by Gasteiger charge is 2.16. The van der Waals surface area contributed by atoms with Crippen LogP contribution in [0.1, 0.15) is 19.4 Å². The minimum atomic E-state index is -3.12. The maximum atomic E-state index is 12.1. The topological polar surface area (TPSA) is 73.0 Å². The van der Waals surface area contributed by atoms with Crippen LogP contribution in [-0.4, -0.2) is 19.2 Å². The Labute approximate surface area is 113 Å². The molecular formula is C14H18N2O2S. The van der Waals surface area contributed by atoms with Crippen molar-refractivity contribution in [1.29, 1.82) is 0 Å². The zero-order valence-electron chi connectivity index (χ0n) is 11.1. The third-order valence-electron chi connectivity index (χ3n) is 2.85. The van der Waals surface area contributed by atoms with E-state index in [9.17, 15) is 8.42 Å². The fourth-order valence-electron chi connectivity index (χ4n) is 2.17. The van der Waals surface area contributed by atoms with Gasteiger partial charge in [0.05, 0.1) is 17.0 Å². The first-order chi connectivity index (χ1) is 8.89. The van der Waals surface area contributed by atoms with E-state index in [4.69, 9.17) is 5.73 Å². The van der Waals surface area contributed by atoms with Gasteiger partial charge in [-0.2, -0.15) is 0 Å². The molecule has 0 aliphatic heterocycles. The molecule has 0 amide bonds. The molecule has 2 rings (SSSR count). The van der Waals surface area contributed by atoms with Crippen molar-refractivity contribution in [2.45, 2.75) is 19.6 Å². The number of nitrogen functional groups attached to an aromatic ring is 1. The molecule has 1 heterocycles. The second kappa shape index (κ2) is 5.17. The number of hydrogen-bond acceptors (Lipinski definition) is 4. The van der Waals surface area contributed by atoms with Gasteiger partial charge in [0.2, 0.25) is 0 Å². The van der Waals surface area contributed by atoms with Crippen molar-refractivity contribution in [1.82, 2.24) is 4.98 Å². The molecule has 0 atom stereocenters. The highest BCUT2D eigenvalue weighted by molar-refractivity contribution is 7.90. The zero-order valence-corrected chi connectivity index (χ0v) is 11.9. The minimum Gasteiger partial charge on any atom is -0.398 e. The summed E-state index contributed by atoms with van der Waals surface area (Å²) in [6.07, 6.45) is 1.65. The first-order valence-corrected chi connectivity index (χ1v) is 8.04. The molecule has 2 aromatic rings. The first-order valence-electron chi connectivity index (χ1n) is 6.21. The average Bonchev–Trinajstić information content (AvgIpc) is 2.31. The molecular weight excluding hydrogens is 260 g/mol. The SMILES string of the molecule is CC(C)CS(=O)(=O)Cc1ccc(N)c2cccnc12. The number of aromatic nitrogens is 1. The van der Waals surface area contributed by atoms with Crippen LogP contribution in [0.15, 0.2) is 30.5 Å². The predicted octanol–water partition coefficient (Wildman–Crippen LogP) is 2.39. The number of sulfone groups is 1. The van der Waals surface area contributed by atoms with Gasteiger partial charge in [-0.1, -0.05) is 19.9 Å². The highest BCUT2D eigenvalue weighted by Crippen LogP contribution is 2.24. The summed E-state index contributed by atoms with van der Waals surface area (Å²) in [5, 5.41) is 0.805. The van der Waals surface area contributed by atoms with Crippen LogP contribution in [0, 0.1) is 5.92 Å². The molecule has 0 unspecified atom stereocenters. The number of hydrogen-bond donors (Lipinski definition) is 1. The molecule has 0 saturated heterocycles. The number of benzene rings is 1. The lowest BCUT2D eigenvalue weighted by Crippen LogP contribution is -2.14. The van der Waals surface area contributed by atoms with E-state index in [1.54, 1.807) is 24.4 Å². The maximum Gasteiger partial charge on any atom is 0.154 e. The van der Waals surface area contributed by atoms with E-state index in [0.717, 1.165) is 5.39 Å². The second-order valence-corrected chi connectivity index (χ2v) is 7.27. The van der Waals surface area contributed by atoms with Gasteiger partial charge in [0.15, 0.2) is 9.84 Å². The number of pyridine rings is 1. The fourth-order valence-corrected chi connectivity index (χ4v) is 4.01. The molecule has 19 heavy (non-hydrogen) atoms. The molecule has 0 fully saturated rings. The van der Waals surface area contributed by atoms with Crippen molar-refractivity contribution in [2.24, 2.45) is 5.92 Å². The molecule has 0 spiro atoms. The van der Waals surface area contributed by atoms with Crippen LogP contribution >= 0.6 is 0 Å². The molecule has 0 aliphatic rings. The normalized spacial score (nSPS) is 12.2. The standard InChI is InChI=1S/C14H18N2O2S/c1-10(2)8-19(17,18)9-11-5-6-13(15)12-4-3-7-16-14(11)12/h3-7,10H,8-9,15H2,1-2H3. The largest absolute Gasteiger partial charge is 0.398 e. The average molecular weight is 278 g/mol. The Morgan fingerprint density at radius 2 is 2.00 bits per heavy atom. The monoisotopic (exact) mass is 278 g/mol. The third-order valence-corrected chi connectivity index (χ3v) is 4.78. The summed E-state index contributed by atoms with van der Waals surface area (Å²) in [4.78, 5) is 4.26. The number of nitrogens with two attached hydrogens (primary N) is 1. The Morgan fingerprint density at radius 1 is 1.26 bits per heavy atom. The summed E-state index contributed by atoms with van der Waals surface area (Å²) in [5.74, 6) is 0.322. The van der Waals surface area contributed by atoms with Gasteiger partial charge in [-0.25, -0.2) is 8.42 Å². The van der Waals surface area contributed by atoms with Gasteiger partial charge in [0, 0.05) is 17.3 Å². The van der Waals surface area contributed by atoms with Gasteiger partial charge < -0.3 is 5.73 Å². The summed E-state index contributed by atoms with van der Waals surface area (Å²) < 4.78 is 24.2. The van der Waals surface area contributed by atoms with Gasteiger partial charge in [0.25, 0.3) is 0 Å². The van der Waals surface area contributed by atoms with Crippen LogP contribution in [0.4, 0.5) is 5.69 Å². The summed E-state index contributed by atoms with van der Waals surface area (Å²) >= 11 is 0. The summed E-state index contributed by atoms with van der Waals surface area (Å²) in [5.41, 5.74) is 7.89. The molecule has 1 aromatic carbocycles. The zero-order chi connectivity index (χ0) is 14.0. The van der Waals surface area contributed by atoms with Gasteiger partial charge in [-0.05, 0) is 29.7 Å². The van der Waals surface area contributed by atoms with Crippen molar-refractivity contribution in [3.63, 3.8) is 0 Å². The van der Waals surface area contributed by atoms with E-state index in [2.05, 4.69) is 4.98 Å². The molecule has 0 aliphatic carbocycles. The van der Waals surface area contributed by atoms with Gasteiger partial charge in [0.1, 0.15) is 0 Å². The molecule has 4 nitrogen and oxygen atoms in total. The fraction of sp³-hybridized carbons (Fsp3) is 0.357. The molecule has 2 N–H and O–H groups in total. The lowest BCUT2D eigenvalue weighted by atomic mass is 10.1. The van der Waals surface area contributed by atoms with Crippen LogP contribution in [0.3, 0.4) is 0 Å². The predicted molar refractivity (Wildman–Crippen MR) is 78.5 cm³/mol.